The topological polar surface area (TPSA) is 74.2 Å². The number of benzene rings is 1. The van der Waals surface area contributed by atoms with Crippen LogP contribution in [0.15, 0.2) is 22.7 Å². The van der Waals surface area contributed by atoms with Crippen molar-refractivity contribution in [2.24, 2.45) is 5.73 Å². The third-order valence-electron chi connectivity index (χ3n) is 3.50. The van der Waals surface area contributed by atoms with Gasteiger partial charge in [0.05, 0.1) is 24.3 Å². The Hall–Kier alpha value is -1.50. The zero-order chi connectivity index (χ0) is 14.8. The highest BCUT2D eigenvalue weighted by Gasteiger charge is 2.22. The minimum atomic E-state index is -0.495. The number of rotatable bonds is 5. The number of ether oxygens (including phenoxy) is 1. The second-order valence-corrected chi connectivity index (χ2v) is 5.51. The van der Waals surface area contributed by atoms with E-state index < -0.39 is 11.9 Å². The van der Waals surface area contributed by atoms with Gasteiger partial charge in [-0.3, -0.25) is 0 Å². The number of aromatic nitrogens is 2. The highest BCUT2D eigenvalue weighted by atomic mass is 35.5. The predicted molar refractivity (Wildman–Crippen MR) is 75.2 cm³/mol. The molecule has 0 aliphatic heterocycles. The average Bonchev–Trinajstić information content (AvgIpc) is 2.89. The first-order chi connectivity index (χ1) is 10.1. The Balaban J connectivity index is 1.71. The summed E-state index contributed by atoms with van der Waals surface area (Å²) in [6, 6.07) is 3.65. The van der Waals surface area contributed by atoms with Crippen LogP contribution < -0.4 is 5.73 Å². The summed E-state index contributed by atoms with van der Waals surface area (Å²) in [7, 11) is 0. The lowest BCUT2D eigenvalue weighted by atomic mass is 9.96. The van der Waals surface area contributed by atoms with Gasteiger partial charge in [-0.25, -0.2) is 4.39 Å². The number of nitrogens with zero attached hydrogens (tertiary/aromatic N) is 2. The Bertz CT molecular complexity index is 630. The van der Waals surface area contributed by atoms with Crippen molar-refractivity contribution in [1.82, 2.24) is 10.1 Å². The fraction of sp³-hybridized carbons (Fsp3) is 0.429. The van der Waals surface area contributed by atoms with E-state index in [2.05, 4.69) is 10.1 Å². The molecule has 5 nitrogen and oxygen atoms in total. The van der Waals surface area contributed by atoms with Gasteiger partial charge in [-0.1, -0.05) is 16.8 Å². The van der Waals surface area contributed by atoms with Crippen LogP contribution in [0, 0.1) is 5.82 Å². The molecule has 7 heteroatoms. The van der Waals surface area contributed by atoms with E-state index in [0.717, 1.165) is 12.8 Å². The normalized spacial score (nSPS) is 16.7. The molecule has 1 aliphatic rings. The molecule has 1 unspecified atom stereocenters. The number of hydrogen-bond acceptors (Lipinski definition) is 5. The molecule has 1 aliphatic carbocycles. The van der Waals surface area contributed by atoms with Crippen molar-refractivity contribution >= 4 is 11.6 Å². The van der Waals surface area contributed by atoms with Crippen LogP contribution in [-0.2, 0) is 4.74 Å². The first-order valence-electron chi connectivity index (χ1n) is 6.79. The van der Waals surface area contributed by atoms with Crippen molar-refractivity contribution in [3.05, 3.63) is 34.9 Å². The zero-order valence-corrected chi connectivity index (χ0v) is 12.0. The van der Waals surface area contributed by atoms with Gasteiger partial charge < -0.3 is 15.0 Å². The van der Waals surface area contributed by atoms with Crippen molar-refractivity contribution < 1.29 is 13.7 Å². The van der Waals surface area contributed by atoms with Crippen molar-refractivity contribution in [2.45, 2.75) is 31.4 Å². The minimum absolute atomic E-state index is 0.0593. The maximum absolute atomic E-state index is 13.7. The molecule has 1 atom stereocenters. The largest absolute Gasteiger partial charge is 0.376 e. The van der Waals surface area contributed by atoms with Gasteiger partial charge in [0.1, 0.15) is 5.82 Å². The summed E-state index contributed by atoms with van der Waals surface area (Å²) >= 11 is 5.84. The number of hydrogen-bond donors (Lipinski definition) is 1. The van der Waals surface area contributed by atoms with E-state index in [4.69, 9.17) is 26.6 Å². The van der Waals surface area contributed by atoms with E-state index in [0.29, 0.717) is 17.5 Å². The molecule has 112 valence electrons. The van der Waals surface area contributed by atoms with E-state index in [1.807, 2.05) is 0 Å². The standard InChI is InChI=1S/C14H15ClFN3O2/c15-8-4-5-11(16)10(6-8)14-18-13(19-21-14)12(17)7-20-9-2-1-3-9/h4-6,9,12H,1-3,7,17H2. The molecule has 1 fully saturated rings. The summed E-state index contributed by atoms with van der Waals surface area (Å²) < 4.78 is 24.4. The van der Waals surface area contributed by atoms with Crippen LogP contribution >= 0.6 is 11.6 Å². The molecule has 0 spiro atoms. The molecule has 0 radical (unpaired) electrons. The third kappa shape index (κ3) is 3.23. The van der Waals surface area contributed by atoms with Crippen LogP contribution in [0.2, 0.25) is 5.02 Å². The molecule has 0 amide bonds. The summed E-state index contributed by atoms with van der Waals surface area (Å²) in [5.41, 5.74) is 6.11. The molecule has 1 aromatic carbocycles. The molecule has 1 heterocycles. The van der Waals surface area contributed by atoms with Gasteiger partial charge in [-0.15, -0.1) is 0 Å². The van der Waals surface area contributed by atoms with E-state index in [9.17, 15) is 4.39 Å². The van der Waals surface area contributed by atoms with Crippen molar-refractivity contribution in [2.75, 3.05) is 6.61 Å². The van der Waals surface area contributed by atoms with Crippen LogP contribution in [0.25, 0.3) is 11.5 Å². The third-order valence-corrected chi connectivity index (χ3v) is 3.73. The van der Waals surface area contributed by atoms with Gasteiger partial charge in [0, 0.05) is 5.02 Å². The van der Waals surface area contributed by atoms with Crippen LogP contribution in [0.1, 0.15) is 31.1 Å². The molecule has 0 saturated heterocycles. The molecule has 21 heavy (non-hydrogen) atoms. The monoisotopic (exact) mass is 311 g/mol. The minimum Gasteiger partial charge on any atom is -0.376 e. The van der Waals surface area contributed by atoms with Crippen LogP contribution in [0.5, 0.6) is 0 Å². The van der Waals surface area contributed by atoms with Gasteiger partial charge in [0.2, 0.25) is 0 Å². The number of halogens is 2. The SMILES string of the molecule is NC(COC1CCC1)c1noc(-c2cc(Cl)ccc2F)n1. The molecule has 3 rings (SSSR count). The zero-order valence-electron chi connectivity index (χ0n) is 11.3. The van der Waals surface area contributed by atoms with E-state index in [1.165, 1.54) is 24.6 Å². The second kappa shape index (κ2) is 6.09. The molecular formula is C14H15ClFN3O2. The summed E-state index contributed by atoms with van der Waals surface area (Å²) in [5.74, 6) is -0.123. The van der Waals surface area contributed by atoms with Gasteiger partial charge in [-0.05, 0) is 37.5 Å². The van der Waals surface area contributed by atoms with Crippen molar-refractivity contribution in [1.29, 1.82) is 0 Å². The Morgan fingerprint density at radius 2 is 2.29 bits per heavy atom. The van der Waals surface area contributed by atoms with Gasteiger partial charge in [-0.2, -0.15) is 4.98 Å². The van der Waals surface area contributed by atoms with E-state index >= 15 is 0 Å². The molecular weight excluding hydrogens is 297 g/mol. The van der Waals surface area contributed by atoms with Gasteiger partial charge in [0.25, 0.3) is 5.89 Å². The quantitative estimate of drug-likeness (QED) is 0.918. The van der Waals surface area contributed by atoms with E-state index in [-0.39, 0.29) is 17.6 Å². The lowest BCUT2D eigenvalue weighted by Gasteiger charge is -2.26. The first kappa shape index (κ1) is 14.4. The van der Waals surface area contributed by atoms with Crippen LogP contribution in [0.3, 0.4) is 0 Å². The molecule has 1 aromatic heterocycles. The highest BCUT2D eigenvalue weighted by Crippen LogP contribution is 2.26. The van der Waals surface area contributed by atoms with E-state index in [1.54, 1.807) is 0 Å². The fourth-order valence-corrected chi connectivity index (χ4v) is 2.18. The lowest BCUT2D eigenvalue weighted by molar-refractivity contribution is -0.00549. The maximum Gasteiger partial charge on any atom is 0.261 e. The Morgan fingerprint density at radius 1 is 1.48 bits per heavy atom. The summed E-state index contributed by atoms with van der Waals surface area (Å²) in [6.45, 7) is 0.321. The Kier molecular flexibility index (Phi) is 4.19. The summed E-state index contributed by atoms with van der Waals surface area (Å²) in [6.07, 6.45) is 3.61. The van der Waals surface area contributed by atoms with Crippen LogP contribution in [-0.4, -0.2) is 22.9 Å². The summed E-state index contributed by atoms with van der Waals surface area (Å²) in [4.78, 5) is 4.12. The Labute approximate surface area is 126 Å². The van der Waals surface area contributed by atoms with Crippen LogP contribution in [0.4, 0.5) is 4.39 Å². The molecule has 0 bridgehead atoms. The second-order valence-electron chi connectivity index (χ2n) is 5.07. The smallest absolute Gasteiger partial charge is 0.261 e. The molecule has 1 saturated carbocycles. The first-order valence-corrected chi connectivity index (χ1v) is 7.17. The van der Waals surface area contributed by atoms with Crippen molar-refractivity contribution in [3.63, 3.8) is 0 Å². The lowest BCUT2D eigenvalue weighted by Crippen LogP contribution is -2.27. The average molecular weight is 312 g/mol. The predicted octanol–water partition coefficient (Wildman–Crippen LogP) is 3.10. The molecule has 2 aromatic rings. The van der Waals surface area contributed by atoms with Gasteiger partial charge >= 0.3 is 0 Å². The fourth-order valence-electron chi connectivity index (χ4n) is 2.01. The summed E-state index contributed by atoms with van der Waals surface area (Å²) in [5, 5.41) is 4.18. The van der Waals surface area contributed by atoms with Crippen molar-refractivity contribution in [3.8, 4) is 11.5 Å². The van der Waals surface area contributed by atoms with Gasteiger partial charge in [0.15, 0.2) is 5.82 Å². The highest BCUT2D eigenvalue weighted by molar-refractivity contribution is 6.30. The number of nitrogens with two attached hydrogens (primary N) is 1. The molecule has 2 N–H and O–H groups in total. The Morgan fingerprint density at radius 3 is 3.00 bits per heavy atom. The maximum atomic E-state index is 13.7.